The van der Waals surface area contributed by atoms with Gasteiger partial charge in [-0.2, -0.15) is 0 Å². The molecule has 0 spiro atoms. The molecule has 2 atom stereocenters. The summed E-state index contributed by atoms with van der Waals surface area (Å²) >= 11 is 0. The molecule has 2 rings (SSSR count). The first-order chi connectivity index (χ1) is 13.7. The van der Waals surface area contributed by atoms with Gasteiger partial charge in [0.1, 0.15) is 5.60 Å². The van der Waals surface area contributed by atoms with Crippen molar-refractivity contribution < 1.29 is 23.5 Å². The van der Waals surface area contributed by atoms with Gasteiger partial charge in [0.25, 0.3) is 0 Å². The van der Waals surface area contributed by atoms with Crippen molar-refractivity contribution in [2.75, 3.05) is 19.7 Å². The quantitative estimate of drug-likeness (QED) is 0.475. The summed E-state index contributed by atoms with van der Waals surface area (Å²) in [4.78, 5) is 26.7. The molecule has 0 unspecified atom stereocenters. The molecule has 0 N–H and O–H groups in total. The number of likely N-dealkylation sites (tertiary alicyclic amines) is 1. The predicted octanol–water partition coefficient (Wildman–Crippen LogP) is 5.10. The lowest BCUT2D eigenvalue weighted by molar-refractivity contribution is 0.0271. The first-order valence-electron chi connectivity index (χ1n) is 10.6. The molecule has 7 heteroatoms. The van der Waals surface area contributed by atoms with E-state index in [-0.39, 0.29) is 35.7 Å². The molecule has 0 aromatic heterocycles. The fourth-order valence-electron chi connectivity index (χ4n) is 3.01. The molecular weight excluding hydrogens is 398 g/mol. The van der Waals surface area contributed by atoms with E-state index in [1.807, 2.05) is 26.8 Å². The molecule has 1 fully saturated rings. The Morgan fingerprint density at radius 1 is 1.03 bits per heavy atom. The molecule has 1 heterocycles. The van der Waals surface area contributed by atoms with E-state index < -0.39 is 13.9 Å². The van der Waals surface area contributed by atoms with Gasteiger partial charge in [-0.1, -0.05) is 39.0 Å². The lowest BCUT2D eigenvalue weighted by Gasteiger charge is -2.39. The third-order valence-corrected chi connectivity index (χ3v) is 10.2. The molecule has 1 aliphatic heterocycles. The number of nitrogens with zero attached hydrogens (tertiary/aromatic N) is 1. The van der Waals surface area contributed by atoms with Gasteiger partial charge in [-0.05, 0) is 51.0 Å². The molecule has 0 aliphatic carbocycles. The van der Waals surface area contributed by atoms with Crippen LogP contribution in [0.1, 0.15) is 51.9 Å². The van der Waals surface area contributed by atoms with Gasteiger partial charge in [0.2, 0.25) is 0 Å². The molecule has 0 saturated carbocycles. The minimum Gasteiger partial charge on any atom is -0.462 e. The number of rotatable bonds is 5. The SMILES string of the molecule is CC(C)(C)OC(=O)N1C[C@H](COC(=O)c2ccccc2)[C@@H](O[Si](C)(C)C(C)(C)C)C1. The number of carbonyl (C=O) groups is 2. The molecule has 1 aromatic carbocycles. The normalized spacial score (nSPS) is 20.2. The zero-order valence-corrected chi connectivity index (χ0v) is 20.7. The van der Waals surface area contributed by atoms with E-state index in [2.05, 4.69) is 33.9 Å². The number of hydrogen-bond donors (Lipinski definition) is 0. The van der Waals surface area contributed by atoms with Crippen molar-refractivity contribution in [3.8, 4) is 0 Å². The van der Waals surface area contributed by atoms with Crippen LogP contribution in [0.15, 0.2) is 30.3 Å². The Balaban J connectivity index is 2.11. The molecule has 0 bridgehead atoms. The van der Waals surface area contributed by atoms with Gasteiger partial charge < -0.3 is 18.8 Å². The Bertz CT molecular complexity index is 736. The van der Waals surface area contributed by atoms with Gasteiger partial charge in [0.15, 0.2) is 8.32 Å². The fraction of sp³-hybridized carbons (Fsp3) is 0.652. The Morgan fingerprint density at radius 3 is 2.17 bits per heavy atom. The standard InChI is InChI=1S/C23H37NO5Si/c1-22(2,3)28-21(26)24-14-18(16-27-20(25)17-12-10-9-11-13-17)19(15-24)29-30(7,8)23(4,5)6/h9-13,18-19H,14-16H2,1-8H3/t18-,19+/m1/s1. The van der Waals surface area contributed by atoms with Crippen LogP contribution in [0.3, 0.4) is 0 Å². The summed E-state index contributed by atoms with van der Waals surface area (Å²) in [6.07, 6.45) is -0.551. The summed E-state index contributed by atoms with van der Waals surface area (Å²) < 4.78 is 17.8. The lowest BCUT2D eigenvalue weighted by atomic mass is 10.1. The van der Waals surface area contributed by atoms with Crippen molar-refractivity contribution in [3.05, 3.63) is 35.9 Å². The molecule has 1 aliphatic rings. The van der Waals surface area contributed by atoms with Crippen LogP contribution in [-0.2, 0) is 13.9 Å². The number of hydrogen-bond acceptors (Lipinski definition) is 5. The van der Waals surface area contributed by atoms with Gasteiger partial charge in [0.05, 0.1) is 18.3 Å². The maximum Gasteiger partial charge on any atom is 0.410 e. The van der Waals surface area contributed by atoms with E-state index in [9.17, 15) is 9.59 Å². The number of ether oxygens (including phenoxy) is 2. The first-order valence-corrected chi connectivity index (χ1v) is 13.5. The smallest absolute Gasteiger partial charge is 0.410 e. The summed E-state index contributed by atoms with van der Waals surface area (Å²) in [5.74, 6) is -0.461. The van der Waals surface area contributed by atoms with Crippen LogP contribution in [0.2, 0.25) is 18.1 Å². The van der Waals surface area contributed by atoms with Crippen molar-refractivity contribution in [2.45, 2.75) is 71.4 Å². The molecule has 30 heavy (non-hydrogen) atoms. The maximum atomic E-state index is 12.6. The molecular formula is C23H37NO5Si. The van der Waals surface area contributed by atoms with E-state index in [4.69, 9.17) is 13.9 Å². The number of amides is 1. The molecule has 1 saturated heterocycles. The Labute approximate surface area is 182 Å². The highest BCUT2D eigenvalue weighted by Crippen LogP contribution is 2.39. The summed E-state index contributed by atoms with van der Waals surface area (Å²) in [5.41, 5.74) is -0.0496. The predicted molar refractivity (Wildman–Crippen MR) is 120 cm³/mol. The van der Waals surface area contributed by atoms with Crippen LogP contribution in [0.5, 0.6) is 0 Å². The van der Waals surface area contributed by atoms with Crippen LogP contribution in [-0.4, -0.2) is 56.7 Å². The molecule has 0 radical (unpaired) electrons. The fourth-order valence-corrected chi connectivity index (χ4v) is 4.38. The number of esters is 1. The van der Waals surface area contributed by atoms with Crippen molar-refractivity contribution in [2.24, 2.45) is 5.92 Å². The largest absolute Gasteiger partial charge is 0.462 e. The van der Waals surface area contributed by atoms with Crippen LogP contribution < -0.4 is 0 Å². The van der Waals surface area contributed by atoms with Crippen LogP contribution in [0, 0.1) is 5.92 Å². The second-order valence-electron chi connectivity index (χ2n) is 10.5. The Hall–Kier alpha value is -1.86. The number of benzene rings is 1. The average Bonchev–Trinajstić information content (AvgIpc) is 3.00. The molecule has 1 aromatic rings. The average molecular weight is 436 g/mol. The van der Waals surface area contributed by atoms with E-state index >= 15 is 0 Å². The summed E-state index contributed by atoms with van der Waals surface area (Å²) in [7, 11) is -2.06. The topological polar surface area (TPSA) is 65.1 Å². The van der Waals surface area contributed by atoms with E-state index in [0.717, 1.165) is 0 Å². The van der Waals surface area contributed by atoms with E-state index in [1.54, 1.807) is 29.2 Å². The molecule has 6 nitrogen and oxygen atoms in total. The van der Waals surface area contributed by atoms with Gasteiger partial charge in [0, 0.05) is 19.0 Å². The summed E-state index contributed by atoms with van der Waals surface area (Å²) in [5, 5.41) is 0.0393. The third-order valence-electron chi connectivity index (χ3n) is 5.72. The lowest BCUT2D eigenvalue weighted by Crippen LogP contribution is -2.46. The maximum absolute atomic E-state index is 12.6. The number of carbonyl (C=O) groups excluding carboxylic acids is 2. The van der Waals surface area contributed by atoms with E-state index in [0.29, 0.717) is 18.7 Å². The second kappa shape index (κ2) is 9.10. The summed E-state index contributed by atoms with van der Waals surface area (Å²) in [6.45, 7) is 17.6. The van der Waals surface area contributed by atoms with Crippen LogP contribution in [0.25, 0.3) is 0 Å². The van der Waals surface area contributed by atoms with Gasteiger partial charge in [-0.25, -0.2) is 9.59 Å². The van der Waals surface area contributed by atoms with Crippen molar-refractivity contribution in [3.63, 3.8) is 0 Å². The van der Waals surface area contributed by atoms with Gasteiger partial charge in [-0.15, -0.1) is 0 Å². The third kappa shape index (κ3) is 6.57. The van der Waals surface area contributed by atoms with Gasteiger partial charge in [-0.3, -0.25) is 0 Å². The summed E-state index contributed by atoms with van der Waals surface area (Å²) in [6, 6.07) is 8.93. The van der Waals surface area contributed by atoms with Gasteiger partial charge >= 0.3 is 12.1 Å². The highest BCUT2D eigenvalue weighted by Gasteiger charge is 2.45. The van der Waals surface area contributed by atoms with Crippen molar-refractivity contribution >= 4 is 20.4 Å². The highest BCUT2D eigenvalue weighted by molar-refractivity contribution is 6.74. The molecule has 168 valence electrons. The Kier molecular flexibility index (Phi) is 7.40. The van der Waals surface area contributed by atoms with Crippen molar-refractivity contribution in [1.82, 2.24) is 4.90 Å². The van der Waals surface area contributed by atoms with Crippen LogP contribution >= 0.6 is 0 Å². The minimum absolute atomic E-state index is 0.0393. The zero-order valence-electron chi connectivity index (χ0n) is 19.7. The van der Waals surface area contributed by atoms with Crippen LogP contribution in [0.4, 0.5) is 4.79 Å². The monoisotopic (exact) mass is 435 g/mol. The zero-order chi connectivity index (χ0) is 22.7. The Morgan fingerprint density at radius 2 is 1.63 bits per heavy atom. The minimum atomic E-state index is -2.06. The van der Waals surface area contributed by atoms with E-state index in [1.165, 1.54) is 0 Å². The van der Waals surface area contributed by atoms with Crippen molar-refractivity contribution in [1.29, 1.82) is 0 Å². The second-order valence-corrected chi connectivity index (χ2v) is 15.3. The first kappa shape index (κ1) is 24.4. The molecule has 1 amide bonds. The highest BCUT2D eigenvalue weighted by atomic mass is 28.4.